The van der Waals surface area contributed by atoms with Gasteiger partial charge in [-0.3, -0.25) is 9.59 Å². The number of nitrogens with zero attached hydrogens (tertiary/aromatic N) is 1. The number of amides is 2. The molecule has 1 aliphatic heterocycles. The van der Waals surface area contributed by atoms with Crippen LogP contribution in [0.5, 0.6) is 0 Å². The Labute approximate surface area is 160 Å². The molecule has 0 saturated heterocycles. The molecule has 2 atom stereocenters. The molecule has 148 valence electrons. The minimum absolute atomic E-state index is 0.00465. The van der Waals surface area contributed by atoms with E-state index < -0.39 is 23.6 Å². The highest BCUT2D eigenvalue weighted by atomic mass is 19.4. The van der Waals surface area contributed by atoms with E-state index >= 15 is 0 Å². The molecule has 8 heteroatoms. The summed E-state index contributed by atoms with van der Waals surface area (Å²) in [5.41, 5.74) is 6.56. The lowest BCUT2D eigenvalue weighted by molar-refractivity contribution is -0.137. The summed E-state index contributed by atoms with van der Waals surface area (Å²) in [4.78, 5) is 26.1. The van der Waals surface area contributed by atoms with Crippen LogP contribution in [-0.2, 0) is 15.8 Å². The van der Waals surface area contributed by atoms with Gasteiger partial charge in [-0.15, -0.1) is 0 Å². The second-order valence-corrected chi connectivity index (χ2v) is 6.85. The predicted octanol–water partition coefficient (Wildman–Crippen LogP) is 3.51. The molecular weight excluding hydrogens is 371 g/mol. The summed E-state index contributed by atoms with van der Waals surface area (Å²) in [6, 6.07) is 11.4. The molecule has 3 rings (SSSR count). The molecule has 0 saturated carbocycles. The lowest BCUT2D eigenvalue weighted by Crippen LogP contribution is -2.45. The minimum atomic E-state index is -4.42. The number of fused-ring (bicyclic) bond motifs is 1. The van der Waals surface area contributed by atoms with Crippen molar-refractivity contribution in [1.82, 2.24) is 0 Å². The molecule has 28 heavy (non-hydrogen) atoms. The molecular formula is C20H20F3N3O2. The van der Waals surface area contributed by atoms with Gasteiger partial charge in [0.2, 0.25) is 11.8 Å². The van der Waals surface area contributed by atoms with Gasteiger partial charge in [-0.05, 0) is 49.2 Å². The number of halogens is 3. The van der Waals surface area contributed by atoms with Gasteiger partial charge in [0, 0.05) is 17.4 Å². The van der Waals surface area contributed by atoms with E-state index in [9.17, 15) is 22.8 Å². The third-order valence-electron chi connectivity index (χ3n) is 4.88. The van der Waals surface area contributed by atoms with E-state index in [0.29, 0.717) is 6.42 Å². The highest BCUT2D eigenvalue weighted by Gasteiger charge is 2.34. The van der Waals surface area contributed by atoms with Crippen LogP contribution >= 0.6 is 0 Å². The highest BCUT2D eigenvalue weighted by Crippen LogP contribution is 2.38. The van der Waals surface area contributed by atoms with Crippen molar-refractivity contribution in [3.05, 3.63) is 59.7 Å². The largest absolute Gasteiger partial charge is 0.416 e. The molecule has 1 aliphatic rings. The molecule has 3 N–H and O–H groups in total. The average molecular weight is 391 g/mol. The Kier molecular flexibility index (Phi) is 5.31. The van der Waals surface area contributed by atoms with Crippen LogP contribution in [0.3, 0.4) is 0 Å². The number of nitrogens with one attached hydrogen (secondary N) is 1. The number of rotatable bonds is 4. The van der Waals surface area contributed by atoms with Crippen molar-refractivity contribution in [3.63, 3.8) is 0 Å². The van der Waals surface area contributed by atoms with Gasteiger partial charge in [0.15, 0.2) is 0 Å². The van der Waals surface area contributed by atoms with Crippen LogP contribution in [0.2, 0.25) is 0 Å². The van der Waals surface area contributed by atoms with Gasteiger partial charge in [0.05, 0.1) is 18.0 Å². The first kappa shape index (κ1) is 19.7. The van der Waals surface area contributed by atoms with Gasteiger partial charge in [-0.1, -0.05) is 18.2 Å². The topological polar surface area (TPSA) is 75.4 Å². The number of anilines is 2. The summed E-state index contributed by atoms with van der Waals surface area (Å²) >= 11 is 0. The van der Waals surface area contributed by atoms with E-state index in [4.69, 9.17) is 5.73 Å². The smallest absolute Gasteiger partial charge is 0.369 e. The molecule has 2 amide bonds. The SMILES string of the molecule is C[C@H]1C[C@H](C(N)=O)c2ccccc2N1CC(=O)Nc1ccc(C(F)(F)F)cc1. The zero-order valence-electron chi connectivity index (χ0n) is 15.2. The zero-order chi connectivity index (χ0) is 20.5. The first-order chi connectivity index (χ1) is 13.2. The zero-order valence-corrected chi connectivity index (χ0v) is 15.2. The summed E-state index contributed by atoms with van der Waals surface area (Å²) in [5, 5.41) is 2.61. The fourth-order valence-corrected chi connectivity index (χ4v) is 3.48. The summed E-state index contributed by atoms with van der Waals surface area (Å²) in [7, 11) is 0. The van der Waals surface area contributed by atoms with Gasteiger partial charge >= 0.3 is 6.18 Å². The summed E-state index contributed by atoms with van der Waals surface area (Å²) in [6.45, 7) is 1.90. The molecule has 2 aromatic rings. The number of alkyl halides is 3. The standard InChI is InChI=1S/C20H20F3N3O2/c1-12-10-16(19(24)28)15-4-2-3-5-17(15)26(12)11-18(27)25-14-8-6-13(7-9-14)20(21,22)23/h2-9,12,16H,10-11H2,1H3,(H2,24,28)(H,25,27)/t12-,16-/m0/s1. The first-order valence-electron chi connectivity index (χ1n) is 8.79. The Morgan fingerprint density at radius 1 is 1.14 bits per heavy atom. The quantitative estimate of drug-likeness (QED) is 0.838. The predicted molar refractivity (Wildman–Crippen MR) is 99.9 cm³/mol. The van der Waals surface area contributed by atoms with E-state index in [2.05, 4.69) is 5.32 Å². The van der Waals surface area contributed by atoms with Gasteiger partial charge in [-0.25, -0.2) is 0 Å². The van der Waals surface area contributed by atoms with Gasteiger partial charge in [0.1, 0.15) is 0 Å². The van der Waals surface area contributed by atoms with E-state index in [0.717, 1.165) is 23.4 Å². The maximum atomic E-state index is 12.6. The van der Waals surface area contributed by atoms with Crippen molar-refractivity contribution < 1.29 is 22.8 Å². The van der Waals surface area contributed by atoms with Crippen molar-refractivity contribution in [2.75, 3.05) is 16.8 Å². The second-order valence-electron chi connectivity index (χ2n) is 6.85. The number of para-hydroxylation sites is 1. The number of primary amides is 1. The van der Waals surface area contributed by atoms with E-state index in [1.165, 1.54) is 12.1 Å². The molecule has 2 aromatic carbocycles. The Bertz CT molecular complexity index is 881. The lowest BCUT2D eigenvalue weighted by atomic mass is 9.85. The van der Waals surface area contributed by atoms with Gasteiger partial charge in [0.25, 0.3) is 0 Å². The maximum Gasteiger partial charge on any atom is 0.416 e. The van der Waals surface area contributed by atoms with Crippen LogP contribution in [0.25, 0.3) is 0 Å². The molecule has 0 unspecified atom stereocenters. The van der Waals surface area contributed by atoms with Crippen LogP contribution < -0.4 is 16.0 Å². The number of benzene rings is 2. The van der Waals surface area contributed by atoms with Crippen molar-refractivity contribution in [2.24, 2.45) is 5.73 Å². The number of carbonyl (C=O) groups is 2. The fourth-order valence-electron chi connectivity index (χ4n) is 3.48. The van der Waals surface area contributed by atoms with Crippen molar-refractivity contribution in [3.8, 4) is 0 Å². The molecule has 1 heterocycles. The van der Waals surface area contributed by atoms with Crippen LogP contribution in [-0.4, -0.2) is 24.4 Å². The van der Waals surface area contributed by atoms with E-state index in [1.807, 2.05) is 36.1 Å². The van der Waals surface area contributed by atoms with Gasteiger partial charge < -0.3 is 16.0 Å². The minimum Gasteiger partial charge on any atom is -0.369 e. The van der Waals surface area contributed by atoms with E-state index in [1.54, 1.807) is 0 Å². The monoisotopic (exact) mass is 391 g/mol. The van der Waals surface area contributed by atoms with Crippen LogP contribution in [0.15, 0.2) is 48.5 Å². The number of nitrogens with two attached hydrogens (primary N) is 1. The molecule has 0 fully saturated rings. The van der Waals surface area contributed by atoms with E-state index in [-0.39, 0.29) is 24.2 Å². The van der Waals surface area contributed by atoms with Crippen molar-refractivity contribution in [1.29, 1.82) is 0 Å². The third kappa shape index (κ3) is 4.11. The maximum absolute atomic E-state index is 12.6. The van der Waals surface area contributed by atoms with Crippen molar-refractivity contribution in [2.45, 2.75) is 31.5 Å². The third-order valence-corrected chi connectivity index (χ3v) is 4.88. The molecule has 0 radical (unpaired) electrons. The summed E-state index contributed by atoms with van der Waals surface area (Å²) in [5.74, 6) is -1.19. The molecule has 0 aromatic heterocycles. The van der Waals surface area contributed by atoms with Crippen LogP contribution in [0.1, 0.15) is 30.4 Å². The molecule has 5 nitrogen and oxygen atoms in total. The normalized spacial score (nSPS) is 19.1. The lowest BCUT2D eigenvalue weighted by Gasteiger charge is -2.39. The average Bonchev–Trinajstić information content (AvgIpc) is 2.63. The van der Waals surface area contributed by atoms with Crippen LogP contribution in [0, 0.1) is 0 Å². The number of hydrogen-bond donors (Lipinski definition) is 2. The Balaban J connectivity index is 1.74. The highest BCUT2D eigenvalue weighted by molar-refractivity contribution is 5.95. The Hall–Kier alpha value is -3.03. The summed E-state index contributed by atoms with van der Waals surface area (Å²) < 4.78 is 37.9. The Morgan fingerprint density at radius 3 is 2.39 bits per heavy atom. The molecule has 0 bridgehead atoms. The first-order valence-corrected chi connectivity index (χ1v) is 8.79. The fraction of sp³-hybridized carbons (Fsp3) is 0.300. The molecule has 0 aliphatic carbocycles. The number of hydrogen-bond acceptors (Lipinski definition) is 3. The Morgan fingerprint density at radius 2 is 1.79 bits per heavy atom. The second kappa shape index (κ2) is 7.53. The molecule has 0 spiro atoms. The van der Waals surface area contributed by atoms with Crippen LogP contribution in [0.4, 0.5) is 24.5 Å². The van der Waals surface area contributed by atoms with Gasteiger partial charge in [-0.2, -0.15) is 13.2 Å². The summed E-state index contributed by atoms with van der Waals surface area (Å²) in [6.07, 6.45) is -3.94. The van der Waals surface area contributed by atoms with Crippen molar-refractivity contribution >= 4 is 23.2 Å². The number of carbonyl (C=O) groups excluding carboxylic acids is 2.